The van der Waals surface area contributed by atoms with E-state index >= 15 is 0 Å². The second-order valence-electron chi connectivity index (χ2n) is 2.65. The first-order valence-corrected chi connectivity index (χ1v) is 3.69. The zero-order valence-corrected chi connectivity index (χ0v) is 7.49. The van der Waals surface area contributed by atoms with Crippen molar-refractivity contribution in [3.05, 3.63) is 23.9 Å². The number of β-amino-alcohol motifs (C(OH)–C–C–N with tert-alkyl or cyclic N) is 1. The molecule has 0 bridgehead atoms. The Labute approximate surface area is 81.8 Å². The normalized spacial score (nSPS) is 18.0. The number of hydrogen-bond donors (Lipinski definition) is 2. The van der Waals surface area contributed by atoms with E-state index in [-0.39, 0.29) is 12.4 Å². The Hall–Kier alpha value is -1.31. The molecule has 0 fully saturated rings. The number of pyridine rings is 1. The third-order valence-electron chi connectivity index (χ3n) is 1.92. The molecule has 0 saturated carbocycles. The van der Waals surface area contributed by atoms with Gasteiger partial charge in [-0.15, -0.1) is 0 Å². The van der Waals surface area contributed by atoms with Crippen LogP contribution >= 0.6 is 0 Å². The summed E-state index contributed by atoms with van der Waals surface area (Å²) in [4.78, 5) is 0. The highest BCUT2D eigenvalue weighted by Crippen LogP contribution is 2.15. The maximum Gasteiger partial charge on any atom is 0.295 e. The third kappa shape index (κ3) is 1.44. The highest BCUT2D eigenvalue weighted by Gasteiger charge is 2.28. The molecule has 13 heavy (non-hydrogen) atoms. The minimum absolute atomic E-state index is 0. The van der Waals surface area contributed by atoms with Gasteiger partial charge in [-0.25, -0.2) is 4.57 Å². The van der Waals surface area contributed by atoms with Gasteiger partial charge in [-0.05, 0) is 12.1 Å². The summed E-state index contributed by atoms with van der Waals surface area (Å²) in [5.41, 5.74) is 0.564. The molecule has 1 aliphatic rings. The maximum atomic E-state index is 9.39. The minimum Gasteiger partial charge on any atom is -1.00 e. The van der Waals surface area contributed by atoms with Gasteiger partial charge in [-0.3, -0.25) is 5.32 Å². The van der Waals surface area contributed by atoms with Crippen molar-refractivity contribution in [1.82, 2.24) is 0 Å². The molecule has 68 valence electrons. The number of halogens is 1. The van der Waals surface area contributed by atoms with Crippen molar-refractivity contribution in [2.75, 3.05) is 11.9 Å². The summed E-state index contributed by atoms with van der Waals surface area (Å²) < 4.78 is 1.65. The van der Waals surface area contributed by atoms with Crippen LogP contribution in [-0.2, 0) is 0 Å². The van der Waals surface area contributed by atoms with Gasteiger partial charge in [0.05, 0.1) is 6.20 Å². The topological polar surface area (TPSA) is 59.9 Å². The van der Waals surface area contributed by atoms with Gasteiger partial charge in [-0.2, -0.15) is 5.26 Å². The zero-order chi connectivity index (χ0) is 8.55. The second-order valence-corrected chi connectivity index (χ2v) is 2.65. The molecule has 1 aromatic heterocycles. The van der Waals surface area contributed by atoms with Crippen molar-refractivity contribution in [3.63, 3.8) is 0 Å². The third-order valence-corrected chi connectivity index (χ3v) is 1.92. The standard InChI is InChI=1S/C8H7N3O.ClH/c9-4-6-2-1-3-11-7(12)5-10-8(6)11;/h1-3,7,12H,5H2;1H. The van der Waals surface area contributed by atoms with Crippen molar-refractivity contribution in [1.29, 1.82) is 5.26 Å². The summed E-state index contributed by atoms with van der Waals surface area (Å²) in [6, 6.07) is 5.52. The fraction of sp³-hybridized carbons (Fsp3) is 0.250. The Morgan fingerprint density at radius 1 is 1.69 bits per heavy atom. The second kappa shape index (κ2) is 3.60. The molecule has 0 aliphatic carbocycles. The van der Waals surface area contributed by atoms with Crippen molar-refractivity contribution in [2.45, 2.75) is 6.23 Å². The number of hydrogen-bond acceptors (Lipinski definition) is 3. The van der Waals surface area contributed by atoms with Gasteiger partial charge in [0, 0.05) is 0 Å². The lowest BCUT2D eigenvalue weighted by molar-refractivity contribution is -0.734. The van der Waals surface area contributed by atoms with Crippen LogP contribution in [0.3, 0.4) is 0 Å². The van der Waals surface area contributed by atoms with Crippen LogP contribution in [0.4, 0.5) is 5.82 Å². The van der Waals surface area contributed by atoms with E-state index in [4.69, 9.17) is 5.26 Å². The maximum absolute atomic E-state index is 9.39. The highest BCUT2D eigenvalue weighted by atomic mass is 35.5. The zero-order valence-electron chi connectivity index (χ0n) is 6.74. The molecule has 0 radical (unpaired) electrons. The van der Waals surface area contributed by atoms with Crippen LogP contribution in [-0.4, -0.2) is 11.7 Å². The van der Waals surface area contributed by atoms with Gasteiger partial charge in [0.25, 0.3) is 5.82 Å². The first-order chi connectivity index (χ1) is 5.83. The predicted octanol–water partition coefficient (Wildman–Crippen LogP) is -3.23. The molecular weight excluding hydrogens is 190 g/mol. The van der Waals surface area contributed by atoms with Crippen LogP contribution in [0.15, 0.2) is 18.3 Å². The predicted molar refractivity (Wildman–Crippen MR) is 41.1 cm³/mol. The van der Waals surface area contributed by atoms with Crippen LogP contribution in [0.2, 0.25) is 0 Å². The smallest absolute Gasteiger partial charge is 0.295 e. The van der Waals surface area contributed by atoms with Gasteiger partial charge < -0.3 is 17.5 Å². The molecule has 5 heteroatoms. The van der Waals surface area contributed by atoms with Crippen LogP contribution in [0, 0.1) is 11.3 Å². The van der Waals surface area contributed by atoms with Gasteiger partial charge >= 0.3 is 0 Å². The number of aliphatic hydroxyl groups is 1. The van der Waals surface area contributed by atoms with Crippen LogP contribution in [0.25, 0.3) is 0 Å². The lowest BCUT2D eigenvalue weighted by atomic mass is 10.3. The molecule has 0 saturated heterocycles. The average molecular weight is 198 g/mol. The molecule has 0 aromatic carbocycles. The Morgan fingerprint density at radius 2 is 2.46 bits per heavy atom. The van der Waals surface area contributed by atoms with Gasteiger partial charge in [0.15, 0.2) is 0 Å². The Kier molecular flexibility index (Phi) is 2.71. The van der Waals surface area contributed by atoms with Crippen molar-refractivity contribution >= 4 is 5.82 Å². The lowest BCUT2D eigenvalue weighted by Gasteiger charge is -1.97. The fourth-order valence-corrected chi connectivity index (χ4v) is 1.34. The molecule has 0 spiro atoms. The first kappa shape index (κ1) is 9.78. The van der Waals surface area contributed by atoms with Crippen molar-refractivity contribution in [2.24, 2.45) is 0 Å². The Morgan fingerprint density at radius 3 is 3.15 bits per heavy atom. The number of anilines is 1. The van der Waals surface area contributed by atoms with Crippen LogP contribution in [0.1, 0.15) is 11.8 Å². The number of rotatable bonds is 0. The quantitative estimate of drug-likeness (QED) is 0.430. The molecule has 1 unspecified atom stereocenters. The molecule has 1 aliphatic heterocycles. The highest BCUT2D eigenvalue weighted by molar-refractivity contribution is 5.48. The lowest BCUT2D eigenvalue weighted by Crippen LogP contribution is -3.00. The molecule has 4 nitrogen and oxygen atoms in total. The monoisotopic (exact) mass is 197 g/mol. The Balaban J connectivity index is 0.000000845. The molecule has 2 heterocycles. The number of nitrogens with one attached hydrogen (secondary N) is 1. The first-order valence-electron chi connectivity index (χ1n) is 3.69. The molecule has 1 aromatic rings. The minimum atomic E-state index is -0.548. The number of aliphatic hydroxyl groups excluding tert-OH is 1. The summed E-state index contributed by atoms with van der Waals surface area (Å²) in [5, 5.41) is 21.1. The van der Waals surface area contributed by atoms with E-state index in [0.717, 1.165) is 0 Å². The van der Waals surface area contributed by atoms with Crippen molar-refractivity contribution in [3.8, 4) is 6.07 Å². The van der Waals surface area contributed by atoms with E-state index in [1.54, 1.807) is 22.9 Å². The van der Waals surface area contributed by atoms with E-state index in [1.807, 2.05) is 0 Å². The van der Waals surface area contributed by atoms with Gasteiger partial charge in [0.2, 0.25) is 6.23 Å². The summed E-state index contributed by atoms with van der Waals surface area (Å²) >= 11 is 0. The van der Waals surface area contributed by atoms with E-state index < -0.39 is 6.23 Å². The van der Waals surface area contributed by atoms with E-state index in [1.165, 1.54) is 0 Å². The van der Waals surface area contributed by atoms with E-state index in [9.17, 15) is 5.11 Å². The number of fused-ring (bicyclic) bond motifs is 1. The molecule has 0 amide bonds. The van der Waals surface area contributed by atoms with Gasteiger partial charge in [-0.1, -0.05) is 0 Å². The van der Waals surface area contributed by atoms with Crippen LogP contribution in [0.5, 0.6) is 0 Å². The summed E-state index contributed by atoms with van der Waals surface area (Å²) in [6.07, 6.45) is 1.20. The molecule has 2 N–H and O–H groups in total. The van der Waals surface area contributed by atoms with Crippen molar-refractivity contribution < 1.29 is 22.1 Å². The molecule has 1 atom stereocenters. The fourth-order valence-electron chi connectivity index (χ4n) is 1.34. The van der Waals surface area contributed by atoms with E-state index in [2.05, 4.69) is 11.4 Å². The Bertz CT molecular complexity index is 361. The van der Waals surface area contributed by atoms with Crippen LogP contribution < -0.4 is 22.3 Å². The average Bonchev–Trinajstić information content (AvgIpc) is 2.48. The largest absolute Gasteiger partial charge is 1.00 e. The SMILES string of the molecule is N#Cc1ccc[n+]2c1NCC2O.[Cl-]. The summed E-state index contributed by atoms with van der Waals surface area (Å²) in [5.74, 6) is 0.701. The molecular formula is C8H8ClN3O. The number of aromatic nitrogens is 1. The summed E-state index contributed by atoms with van der Waals surface area (Å²) in [6.45, 7) is 0.471. The molecule has 2 rings (SSSR count). The number of nitriles is 1. The summed E-state index contributed by atoms with van der Waals surface area (Å²) in [7, 11) is 0. The van der Waals surface area contributed by atoms with E-state index in [0.29, 0.717) is 17.9 Å². The van der Waals surface area contributed by atoms with Gasteiger partial charge in [0.1, 0.15) is 18.2 Å². The number of nitrogens with zero attached hydrogens (tertiary/aromatic N) is 2.